The Labute approximate surface area is 177 Å². The number of fused-ring (bicyclic) bond motifs is 1. The lowest BCUT2D eigenvalue weighted by molar-refractivity contribution is 0.609. The second-order valence-corrected chi connectivity index (χ2v) is 8.57. The van der Waals surface area contributed by atoms with Gasteiger partial charge in [-0.15, -0.1) is 5.10 Å². The van der Waals surface area contributed by atoms with Crippen molar-refractivity contribution in [2.75, 3.05) is 4.72 Å². The second-order valence-electron chi connectivity index (χ2n) is 6.57. The molecule has 1 N–H and O–H groups in total. The topological polar surface area (TPSA) is 85.5 Å². The molecular formula is C21H17ClN4O3S. The number of aromatic nitrogens is 3. The minimum atomic E-state index is -3.71. The molecule has 0 aliphatic heterocycles. The first-order valence-electron chi connectivity index (χ1n) is 8.99. The fourth-order valence-corrected chi connectivity index (χ4v) is 3.90. The lowest BCUT2D eigenvalue weighted by atomic mass is 10.2. The highest BCUT2D eigenvalue weighted by atomic mass is 35.5. The van der Waals surface area contributed by atoms with Crippen molar-refractivity contribution in [2.24, 2.45) is 0 Å². The quantitative estimate of drug-likeness (QED) is 0.496. The maximum absolute atomic E-state index is 12.4. The standard InChI is InChI=1S/C21H17ClN4O3S/c22-18-9-7-16(8-10-18)11-13-30(28,29)24-19-5-3-4-17(14-19)15-26-21(27)25-12-2-1-6-20(25)23-26/h1-14,24H,15H2/b13-11+. The zero-order valence-electron chi connectivity index (χ0n) is 15.6. The molecule has 0 atom stereocenters. The van der Waals surface area contributed by atoms with Gasteiger partial charge in [0.05, 0.1) is 12.0 Å². The Bertz CT molecular complexity index is 1390. The van der Waals surface area contributed by atoms with Crippen LogP contribution in [-0.4, -0.2) is 22.6 Å². The zero-order valence-corrected chi connectivity index (χ0v) is 17.2. The van der Waals surface area contributed by atoms with E-state index in [2.05, 4.69) is 9.82 Å². The van der Waals surface area contributed by atoms with E-state index >= 15 is 0 Å². The molecule has 4 rings (SSSR count). The summed E-state index contributed by atoms with van der Waals surface area (Å²) in [6.45, 7) is 0.219. The number of nitrogens with one attached hydrogen (secondary N) is 1. The summed E-state index contributed by atoms with van der Waals surface area (Å²) in [4.78, 5) is 12.4. The zero-order chi connectivity index (χ0) is 21.1. The number of sulfonamides is 1. The fraction of sp³-hybridized carbons (Fsp3) is 0.0476. The van der Waals surface area contributed by atoms with Crippen LogP contribution >= 0.6 is 11.6 Å². The van der Waals surface area contributed by atoms with Gasteiger partial charge in [-0.2, -0.15) is 0 Å². The van der Waals surface area contributed by atoms with Crippen LogP contribution in [0.3, 0.4) is 0 Å². The maximum Gasteiger partial charge on any atom is 0.350 e. The predicted octanol–water partition coefficient (Wildman–Crippen LogP) is 3.61. The second kappa shape index (κ2) is 8.17. The lowest BCUT2D eigenvalue weighted by Crippen LogP contribution is -2.21. The Morgan fingerprint density at radius 3 is 2.60 bits per heavy atom. The Hall–Kier alpha value is -3.36. The van der Waals surface area contributed by atoms with Gasteiger partial charge < -0.3 is 0 Å². The van der Waals surface area contributed by atoms with E-state index in [0.29, 0.717) is 21.9 Å². The molecule has 0 spiro atoms. The Morgan fingerprint density at radius 2 is 1.83 bits per heavy atom. The molecule has 0 radical (unpaired) electrons. The van der Waals surface area contributed by atoms with E-state index in [-0.39, 0.29) is 12.2 Å². The molecule has 152 valence electrons. The van der Waals surface area contributed by atoms with Crippen molar-refractivity contribution in [1.29, 1.82) is 0 Å². The number of pyridine rings is 1. The van der Waals surface area contributed by atoms with Crippen LogP contribution in [0.5, 0.6) is 0 Å². The van der Waals surface area contributed by atoms with Gasteiger partial charge in [0.1, 0.15) is 0 Å². The fourth-order valence-electron chi connectivity index (χ4n) is 2.92. The minimum absolute atomic E-state index is 0.219. The van der Waals surface area contributed by atoms with Gasteiger partial charge in [-0.3, -0.25) is 9.12 Å². The van der Waals surface area contributed by atoms with Crippen molar-refractivity contribution in [2.45, 2.75) is 6.54 Å². The molecule has 0 saturated carbocycles. The van der Waals surface area contributed by atoms with E-state index in [1.807, 2.05) is 0 Å². The Kier molecular flexibility index (Phi) is 5.43. The number of anilines is 1. The normalized spacial score (nSPS) is 11.9. The van der Waals surface area contributed by atoms with Gasteiger partial charge in [0, 0.05) is 16.9 Å². The van der Waals surface area contributed by atoms with Crippen molar-refractivity contribution in [1.82, 2.24) is 14.2 Å². The molecule has 4 aromatic rings. The molecule has 0 fully saturated rings. The first-order valence-corrected chi connectivity index (χ1v) is 10.9. The summed E-state index contributed by atoms with van der Waals surface area (Å²) in [5, 5.41) is 5.96. The highest BCUT2D eigenvalue weighted by Crippen LogP contribution is 2.15. The maximum atomic E-state index is 12.4. The number of hydrogen-bond acceptors (Lipinski definition) is 4. The number of nitrogens with zero attached hydrogens (tertiary/aromatic N) is 3. The highest BCUT2D eigenvalue weighted by molar-refractivity contribution is 7.95. The lowest BCUT2D eigenvalue weighted by Gasteiger charge is -2.07. The molecule has 0 saturated heterocycles. The van der Waals surface area contributed by atoms with E-state index < -0.39 is 10.0 Å². The molecular weight excluding hydrogens is 424 g/mol. The summed E-state index contributed by atoms with van der Waals surface area (Å²) in [5.74, 6) is 0. The smallest absolute Gasteiger partial charge is 0.280 e. The van der Waals surface area contributed by atoms with Crippen LogP contribution in [-0.2, 0) is 16.6 Å². The molecule has 2 heterocycles. The van der Waals surface area contributed by atoms with Crippen molar-refractivity contribution in [3.05, 3.63) is 105 Å². The minimum Gasteiger partial charge on any atom is -0.280 e. The van der Waals surface area contributed by atoms with E-state index in [9.17, 15) is 13.2 Å². The van der Waals surface area contributed by atoms with Crippen LogP contribution in [0, 0.1) is 0 Å². The number of hydrogen-bond donors (Lipinski definition) is 1. The summed E-state index contributed by atoms with van der Waals surface area (Å²) in [5.41, 5.74) is 2.13. The molecule has 0 unspecified atom stereocenters. The highest BCUT2D eigenvalue weighted by Gasteiger charge is 2.09. The Morgan fingerprint density at radius 1 is 1.03 bits per heavy atom. The van der Waals surface area contributed by atoms with Crippen molar-refractivity contribution >= 4 is 39.0 Å². The van der Waals surface area contributed by atoms with Gasteiger partial charge >= 0.3 is 5.69 Å². The summed E-state index contributed by atoms with van der Waals surface area (Å²) in [7, 11) is -3.71. The molecule has 9 heteroatoms. The predicted molar refractivity (Wildman–Crippen MR) is 118 cm³/mol. The van der Waals surface area contributed by atoms with Gasteiger partial charge in [0.2, 0.25) is 0 Å². The van der Waals surface area contributed by atoms with Crippen LogP contribution in [0.2, 0.25) is 5.02 Å². The van der Waals surface area contributed by atoms with E-state index in [0.717, 1.165) is 11.0 Å². The molecule has 2 aromatic carbocycles. The molecule has 0 amide bonds. The van der Waals surface area contributed by atoms with Crippen molar-refractivity contribution in [3.8, 4) is 0 Å². The third-order valence-corrected chi connectivity index (χ3v) is 5.58. The summed E-state index contributed by atoms with van der Waals surface area (Å²) >= 11 is 5.83. The van der Waals surface area contributed by atoms with Crippen LogP contribution in [0.25, 0.3) is 11.7 Å². The van der Waals surface area contributed by atoms with Crippen LogP contribution < -0.4 is 10.4 Å². The average Bonchev–Trinajstić information content (AvgIpc) is 3.03. The van der Waals surface area contributed by atoms with Crippen molar-refractivity contribution in [3.63, 3.8) is 0 Å². The van der Waals surface area contributed by atoms with Crippen LogP contribution in [0.15, 0.2) is 83.1 Å². The van der Waals surface area contributed by atoms with E-state index in [4.69, 9.17) is 11.6 Å². The molecule has 7 nitrogen and oxygen atoms in total. The summed E-state index contributed by atoms with van der Waals surface area (Å²) in [6, 6.07) is 19.0. The molecule has 0 aliphatic rings. The van der Waals surface area contributed by atoms with Gasteiger partial charge in [0.25, 0.3) is 10.0 Å². The summed E-state index contributed by atoms with van der Waals surface area (Å²) < 4.78 is 30.1. The first kappa shape index (κ1) is 19.9. The molecule has 30 heavy (non-hydrogen) atoms. The van der Waals surface area contributed by atoms with Gasteiger partial charge in [-0.05, 0) is 53.6 Å². The number of benzene rings is 2. The van der Waals surface area contributed by atoms with E-state index in [1.54, 1.807) is 72.9 Å². The first-order chi connectivity index (χ1) is 14.4. The van der Waals surface area contributed by atoms with Crippen molar-refractivity contribution < 1.29 is 8.42 Å². The van der Waals surface area contributed by atoms with Gasteiger partial charge in [-0.25, -0.2) is 17.9 Å². The largest absolute Gasteiger partial charge is 0.350 e. The third-order valence-electron chi connectivity index (χ3n) is 4.32. The SMILES string of the molecule is O=c1n(Cc2cccc(NS(=O)(=O)/C=C/c3ccc(Cl)cc3)c2)nc2ccccn12. The van der Waals surface area contributed by atoms with Crippen LogP contribution in [0.4, 0.5) is 5.69 Å². The number of halogens is 1. The van der Waals surface area contributed by atoms with Crippen LogP contribution in [0.1, 0.15) is 11.1 Å². The third kappa shape index (κ3) is 4.61. The van der Waals surface area contributed by atoms with E-state index in [1.165, 1.54) is 15.2 Å². The molecule has 0 bridgehead atoms. The Balaban J connectivity index is 1.52. The average molecular weight is 441 g/mol. The molecule has 2 aromatic heterocycles. The monoisotopic (exact) mass is 440 g/mol. The molecule has 0 aliphatic carbocycles. The van der Waals surface area contributed by atoms with Gasteiger partial charge in [-0.1, -0.05) is 41.9 Å². The summed E-state index contributed by atoms with van der Waals surface area (Å²) in [6.07, 6.45) is 3.14. The number of rotatable bonds is 6. The van der Waals surface area contributed by atoms with Gasteiger partial charge in [0.15, 0.2) is 5.65 Å².